The van der Waals surface area contributed by atoms with Gasteiger partial charge in [0, 0.05) is 6.42 Å². The summed E-state index contributed by atoms with van der Waals surface area (Å²) in [5.41, 5.74) is 0.738. The van der Waals surface area contributed by atoms with Gasteiger partial charge in [-0.1, -0.05) is 30.3 Å². The number of alkyl halides is 3. The first-order valence-electron chi connectivity index (χ1n) is 7.84. The fraction of sp³-hybridized carbons (Fsp3) is 0.375. The highest BCUT2D eigenvalue weighted by Gasteiger charge is 2.42. The zero-order chi connectivity index (χ0) is 18.7. The van der Waals surface area contributed by atoms with Gasteiger partial charge in [-0.3, -0.25) is 0 Å². The summed E-state index contributed by atoms with van der Waals surface area (Å²) in [6, 6.07) is 8.87. The molecule has 138 valence electrons. The van der Waals surface area contributed by atoms with Crippen LogP contribution in [0.5, 0.6) is 0 Å². The normalized spacial score (nSPS) is 16.6. The maximum absolute atomic E-state index is 13.2. The third-order valence-corrected chi connectivity index (χ3v) is 3.68. The summed E-state index contributed by atoms with van der Waals surface area (Å²) in [5.74, 6) is -2.37. The molecule has 2 aromatic rings. The Morgan fingerprint density at radius 3 is 2.65 bits per heavy atom. The number of fused-ring (bicyclic) bond motifs is 1. The van der Waals surface area contributed by atoms with Gasteiger partial charge >= 0.3 is 12.1 Å². The summed E-state index contributed by atoms with van der Waals surface area (Å²) in [6.45, 7) is 1.38. The van der Waals surface area contributed by atoms with E-state index in [1.807, 2.05) is 0 Å². The zero-order valence-corrected chi connectivity index (χ0v) is 13.7. The lowest BCUT2D eigenvalue weighted by Gasteiger charge is -2.22. The Kier molecular flexibility index (Phi) is 4.92. The van der Waals surface area contributed by atoms with Crippen molar-refractivity contribution in [3.05, 3.63) is 47.5 Å². The van der Waals surface area contributed by atoms with E-state index >= 15 is 0 Å². The Morgan fingerprint density at radius 1 is 1.27 bits per heavy atom. The maximum Gasteiger partial charge on any atom is 0.453 e. The minimum Gasteiger partial charge on any atom is -0.468 e. The smallest absolute Gasteiger partial charge is 0.453 e. The van der Waals surface area contributed by atoms with E-state index in [1.165, 1.54) is 0 Å². The first kappa shape index (κ1) is 17.9. The van der Waals surface area contributed by atoms with Gasteiger partial charge in [-0.25, -0.2) is 4.79 Å². The Hall–Kier alpha value is -2.91. The molecule has 0 saturated heterocycles. The molecule has 1 atom stereocenters. The second-order valence-corrected chi connectivity index (χ2v) is 5.45. The predicted molar refractivity (Wildman–Crippen MR) is 83.3 cm³/mol. The first-order chi connectivity index (χ1) is 12.4. The fourth-order valence-electron chi connectivity index (χ4n) is 2.59. The first-order valence-corrected chi connectivity index (χ1v) is 7.84. The quantitative estimate of drug-likeness (QED) is 0.775. The van der Waals surface area contributed by atoms with Crippen molar-refractivity contribution < 1.29 is 27.4 Å². The summed E-state index contributed by atoms with van der Waals surface area (Å²) in [7, 11) is 0. The number of nitrogens with zero attached hydrogens (tertiary/aromatic N) is 4. The van der Waals surface area contributed by atoms with Crippen LogP contribution in [0.4, 0.5) is 13.2 Å². The molecule has 2 heterocycles. The van der Waals surface area contributed by atoms with Crippen molar-refractivity contribution in [2.45, 2.75) is 25.4 Å². The van der Waals surface area contributed by atoms with Crippen LogP contribution in [0.2, 0.25) is 0 Å². The zero-order valence-electron chi connectivity index (χ0n) is 13.7. The highest BCUT2D eigenvalue weighted by molar-refractivity contribution is 5.81. The number of hydrogen-bond acceptors (Lipinski definition) is 6. The van der Waals surface area contributed by atoms with Crippen LogP contribution < -0.4 is 0 Å². The third-order valence-electron chi connectivity index (χ3n) is 3.68. The summed E-state index contributed by atoms with van der Waals surface area (Å²) < 4.78 is 50.2. The molecule has 1 aliphatic rings. The number of hydrogen-bond donors (Lipinski definition) is 0. The van der Waals surface area contributed by atoms with Crippen molar-refractivity contribution in [3.8, 4) is 0 Å². The predicted octanol–water partition coefficient (Wildman–Crippen LogP) is 2.57. The van der Waals surface area contributed by atoms with Crippen LogP contribution in [0, 0.1) is 0 Å². The molecule has 1 aromatic heterocycles. The van der Waals surface area contributed by atoms with Crippen molar-refractivity contribution in [1.29, 1.82) is 0 Å². The van der Waals surface area contributed by atoms with Gasteiger partial charge in [-0.05, 0) is 12.5 Å². The van der Waals surface area contributed by atoms with Crippen LogP contribution in [0.25, 0.3) is 0 Å². The van der Waals surface area contributed by atoms with E-state index in [-0.39, 0.29) is 24.7 Å². The summed E-state index contributed by atoms with van der Waals surface area (Å²) in [4.78, 5) is 11.4. The molecule has 1 aliphatic heterocycles. The van der Waals surface area contributed by atoms with Crippen LogP contribution in [0.3, 0.4) is 0 Å². The standard InChI is InChI=1S/C16H15F3N4O3/c1-2-25-13(24)9-26-12-8-11(10-6-4-3-5-7-10)14-20-21-15(16(17,18)19)23(14)22-12/h3-7,11H,2,8-9H2,1H3. The highest BCUT2D eigenvalue weighted by Crippen LogP contribution is 2.35. The molecule has 0 amide bonds. The number of rotatable bonds is 4. The van der Waals surface area contributed by atoms with Gasteiger partial charge in [0.25, 0.3) is 5.82 Å². The average Bonchev–Trinajstić information content (AvgIpc) is 3.04. The number of benzene rings is 1. The molecule has 0 N–H and O–H groups in total. The molecule has 1 aromatic carbocycles. The van der Waals surface area contributed by atoms with Crippen molar-refractivity contribution >= 4 is 11.9 Å². The lowest BCUT2D eigenvalue weighted by molar-refractivity contribution is -0.148. The molecule has 0 radical (unpaired) electrons. The maximum atomic E-state index is 13.2. The molecular formula is C16H15F3N4O3. The second-order valence-electron chi connectivity index (χ2n) is 5.45. The molecule has 0 spiro atoms. The molecule has 26 heavy (non-hydrogen) atoms. The topological polar surface area (TPSA) is 78.6 Å². The molecule has 7 nitrogen and oxygen atoms in total. The molecular weight excluding hydrogens is 353 g/mol. The van der Waals surface area contributed by atoms with E-state index in [1.54, 1.807) is 37.3 Å². The van der Waals surface area contributed by atoms with Gasteiger partial charge < -0.3 is 9.47 Å². The Balaban J connectivity index is 1.95. The van der Waals surface area contributed by atoms with Gasteiger partial charge in [0.1, 0.15) is 0 Å². The lowest BCUT2D eigenvalue weighted by atomic mass is 9.94. The summed E-state index contributed by atoms with van der Waals surface area (Å²) in [6.07, 6.45) is -4.57. The van der Waals surface area contributed by atoms with Crippen LogP contribution in [-0.2, 0) is 20.4 Å². The second kappa shape index (κ2) is 7.14. The SMILES string of the molecule is CCOC(=O)COC1=Nn2c(nnc2C(F)(F)F)C(c2ccccc2)C1. The largest absolute Gasteiger partial charge is 0.468 e. The van der Waals surface area contributed by atoms with Gasteiger partial charge in [-0.2, -0.15) is 17.8 Å². The van der Waals surface area contributed by atoms with Crippen LogP contribution in [0.15, 0.2) is 35.4 Å². The molecule has 3 rings (SSSR count). The van der Waals surface area contributed by atoms with Gasteiger partial charge in [-0.15, -0.1) is 15.3 Å². The number of halogens is 3. The fourth-order valence-corrected chi connectivity index (χ4v) is 2.59. The monoisotopic (exact) mass is 368 g/mol. The average molecular weight is 368 g/mol. The van der Waals surface area contributed by atoms with Gasteiger partial charge in [0.15, 0.2) is 12.4 Å². The minimum atomic E-state index is -4.72. The highest BCUT2D eigenvalue weighted by atomic mass is 19.4. The number of esters is 1. The lowest BCUT2D eigenvalue weighted by Crippen LogP contribution is -2.26. The summed E-state index contributed by atoms with van der Waals surface area (Å²) >= 11 is 0. The molecule has 1 unspecified atom stereocenters. The van der Waals surface area contributed by atoms with Gasteiger partial charge in [0.2, 0.25) is 5.90 Å². The van der Waals surface area contributed by atoms with Crippen LogP contribution in [-0.4, -0.2) is 40.0 Å². The van der Waals surface area contributed by atoms with Crippen LogP contribution >= 0.6 is 0 Å². The summed E-state index contributed by atoms with van der Waals surface area (Å²) in [5, 5.41) is 10.8. The van der Waals surface area contributed by atoms with E-state index in [0.29, 0.717) is 4.68 Å². The van der Waals surface area contributed by atoms with Gasteiger partial charge in [0.05, 0.1) is 12.5 Å². The third kappa shape index (κ3) is 3.68. The van der Waals surface area contributed by atoms with Crippen molar-refractivity contribution in [3.63, 3.8) is 0 Å². The van der Waals surface area contributed by atoms with Crippen LogP contribution in [0.1, 0.15) is 36.5 Å². The molecule has 0 saturated carbocycles. The van der Waals surface area contributed by atoms with E-state index < -0.39 is 30.5 Å². The minimum absolute atomic E-state index is 0.0234. The van der Waals surface area contributed by atoms with Crippen molar-refractivity contribution in [2.75, 3.05) is 13.2 Å². The van der Waals surface area contributed by atoms with Crippen molar-refractivity contribution in [1.82, 2.24) is 14.9 Å². The van der Waals surface area contributed by atoms with E-state index in [9.17, 15) is 18.0 Å². The number of ether oxygens (including phenoxy) is 2. The molecule has 0 bridgehead atoms. The molecule has 10 heteroatoms. The van der Waals surface area contributed by atoms with E-state index in [2.05, 4.69) is 15.3 Å². The molecule has 0 aliphatic carbocycles. The number of carbonyl (C=O) groups is 1. The molecule has 0 fully saturated rings. The Bertz CT molecular complexity index is 818. The van der Waals surface area contributed by atoms with Crippen molar-refractivity contribution in [2.24, 2.45) is 5.10 Å². The Labute approximate surface area is 146 Å². The number of aromatic nitrogens is 3. The van der Waals surface area contributed by atoms with E-state index in [4.69, 9.17) is 9.47 Å². The van der Waals surface area contributed by atoms with E-state index in [0.717, 1.165) is 5.56 Å². The Morgan fingerprint density at radius 2 is 2.00 bits per heavy atom. The number of carbonyl (C=O) groups excluding carboxylic acids is 1.